The van der Waals surface area contributed by atoms with E-state index in [2.05, 4.69) is 10.0 Å². The Morgan fingerprint density at radius 2 is 1.94 bits per heavy atom. The average molecular weight is 290 g/mol. The molecule has 1 heterocycles. The molecule has 0 aliphatic rings. The largest absolute Gasteiger partial charge is 0.315 e. The second-order valence-electron chi connectivity index (χ2n) is 4.65. The van der Waals surface area contributed by atoms with Crippen molar-refractivity contribution in [3.8, 4) is 0 Å². The number of nitrogens with one attached hydrogen (secondary N) is 2. The van der Waals surface area contributed by atoms with Gasteiger partial charge in [0.1, 0.15) is 0 Å². The van der Waals surface area contributed by atoms with Gasteiger partial charge in [0.25, 0.3) is 0 Å². The molecule has 104 valence electrons. The van der Waals surface area contributed by atoms with Gasteiger partial charge in [-0.1, -0.05) is 13.8 Å². The quantitative estimate of drug-likeness (QED) is 0.810. The third-order valence-electron chi connectivity index (χ3n) is 3.23. The lowest BCUT2D eigenvalue weighted by atomic mass is 9.98. The van der Waals surface area contributed by atoms with Gasteiger partial charge in [0.15, 0.2) is 0 Å². The second kappa shape index (κ2) is 6.14. The summed E-state index contributed by atoms with van der Waals surface area (Å²) in [4.78, 5) is 1.39. The number of hydrogen-bond acceptors (Lipinski definition) is 4. The van der Waals surface area contributed by atoms with Crippen molar-refractivity contribution in [2.24, 2.45) is 0 Å². The Balaban J connectivity index is 2.92. The number of hydrogen-bond donors (Lipinski definition) is 2. The van der Waals surface area contributed by atoms with Gasteiger partial charge >= 0.3 is 0 Å². The van der Waals surface area contributed by atoms with Crippen LogP contribution < -0.4 is 10.0 Å². The van der Waals surface area contributed by atoms with Crippen LogP contribution in [0, 0.1) is 0 Å². The van der Waals surface area contributed by atoms with Crippen LogP contribution in [-0.2, 0) is 16.6 Å². The topological polar surface area (TPSA) is 58.2 Å². The van der Waals surface area contributed by atoms with Crippen LogP contribution in [0.15, 0.2) is 16.3 Å². The molecule has 0 fully saturated rings. The van der Waals surface area contributed by atoms with Crippen LogP contribution in [0.25, 0.3) is 0 Å². The van der Waals surface area contributed by atoms with Crippen LogP contribution in [0.1, 0.15) is 38.5 Å². The van der Waals surface area contributed by atoms with E-state index in [-0.39, 0.29) is 5.54 Å². The Morgan fingerprint density at radius 1 is 1.33 bits per heavy atom. The SMILES string of the molecule is CCC(C)(CC)NS(=O)(=O)c1csc(CNC)c1. The molecular formula is C12H22N2O2S2. The van der Waals surface area contributed by atoms with Crippen LogP contribution in [0.5, 0.6) is 0 Å². The predicted molar refractivity (Wildman–Crippen MR) is 76.4 cm³/mol. The Kier molecular flexibility index (Phi) is 5.33. The van der Waals surface area contributed by atoms with Gasteiger partial charge in [0.05, 0.1) is 4.90 Å². The van der Waals surface area contributed by atoms with Crippen molar-refractivity contribution >= 4 is 21.4 Å². The smallest absolute Gasteiger partial charge is 0.241 e. The summed E-state index contributed by atoms with van der Waals surface area (Å²) in [6, 6.07) is 1.73. The number of rotatable bonds is 7. The fourth-order valence-corrected chi connectivity index (χ4v) is 4.38. The Hall–Kier alpha value is -0.430. The standard InChI is InChI=1S/C12H22N2O2S2/c1-5-12(3,6-2)14-18(15,16)11-7-10(8-13-4)17-9-11/h7,9,13-14H,5-6,8H2,1-4H3. The van der Waals surface area contributed by atoms with Gasteiger partial charge in [-0.25, -0.2) is 13.1 Å². The Labute approximate surface area is 114 Å². The fourth-order valence-electron chi connectivity index (χ4n) is 1.55. The molecule has 0 radical (unpaired) electrons. The molecule has 6 heteroatoms. The van der Waals surface area contributed by atoms with Gasteiger partial charge in [0, 0.05) is 22.3 Å². The van der Waals surface area contributed by atoms with Crippen molar-refractivity contribution in [3.63, 3.8) is 0 Å². The molecule has 0 aliphatic heterocycles. The third kappa shape index (κ3) is 3.78. The van der Waals surface area contributed by atoms with Gasteiger partial charge in [-0.05, 0) is 32.9 Å². The first-order valence-electron chi connectivity index (χ1n) is 6.13. The lowest BCUT2D eigenvalue weighted by Gasteiger charge is -2.27. The zero-order valence-electron chi connectivity index (χ0n) is 11.4. The van der Waals surface area contributed by atoms with Gasteiger partial charge < -0.3 is 5.32 Å². The minimum absolute atomic E-state index is 0.367. The molecule has 0 amide bonds. The van der Waals surface area contributed by atoms with E-state index in [1.807, 2.05) is 27.8 Å². The monoisotopic (exact) mass is 290 g/mol. The molecule has 0 aromatic carbocycles. The first-order valence-corrected chi connectivity index (χ1v) is 8.49. The van der Waals surface area contributed by atoms with Crippen molar-refractivity contribution in [1.29, 1.82) is 0 Å². The summed E-state index contributed by atoms with van der Waals surface area (Å²) in [6.45, 7) is 6.61. The summed E-state index contributed by atoms with van der Waals surface area (Å²) in [5, 5.41) is 4.71. The second-order valence-corrected chi connectivity index (χ2v) is 7.33. The van der Waals surface area contributed by atoms with E-state index in [0.717, 1.165) is 17.7 Å². The lowest BCUT2D eigenvalue weighted by Crippen LogP contribution is -2.44. The van der Waals surface area contributed by atoms with Crippen LogP contribution in [-0.4, -0.2) is 21.0 Å². The molecule has 0 saturated carbocycles. The van der Waals surface area contributed by atoms with E-state index in [4.69, 9.17) is 0 Å². The Bertz CT molecular complexity index is 476. The summed E-state index contributed by atoms with van der Waals surface area (Å²) in [7, 11) is -1.56. The molecular weight excluding hydrogens is 268 g/mol. The highest BCUT2D eigenvalue weighted by molar-refractivity contribution is 7.89. The minimum atomic E-state index is -3.41. The van der Waals surface area contributed by atoms with E-state index in [1.165, 1.54) is 11.3 Å². The summed E-state index contributed by atoms with van der Waals surface area (Å²) >= 11 is 1.46. The van der Waals surface area contributed by atoms with Gasteiger partial charge in [-0.2, -0.15) is 0 Å². The maximum Gasteiger partial charge on any atom is 0.241 e. The highest BCUT2D eigenvalue weighted by atomic mass is 32.2. The summed E-state index contributed by atoms with van der Waals surface area (Å²) in [5.74, 6) is 0. The third-order valence-corrected chi connectivity index (χ3v) is 5.94. The van der Waals surface area contributed by atoms with E-state index in [0.29, 0.717) is 11.4 Å². The van der Waals surface area contributed by atoms with Crippen molar-refractivity contribution < 1.29 is 8.42 Å². The maximum atomic E-state index is 12.3. The van der Waals surface area contributed by atoms with Gasteiger partial charge in [0.2, 0.25) is 10.0 Å². The molecule has 0 spiro atoms. The predicted octanol–water partition coefficient (Wildman–Crippen LogP) is 2.32. The molecule has 0 unspecified atom stereocenters. The molecule has 0 aliphatic carbocycles. The highest BCUT2D eigenvalue weighted by Crippen LogP contribution is 2.23. The molecule has 0 saturated heterocycles. The summed E-state index contributed by atoms with van der Waals surface area (Å²) in [5.41, 5.74) is -0.371. The van der Waals surface area contributed by atoms with Crippen LogP contribution in [0.4, 0.5) is 0 Å². The van der Waals surface area contributed by atoms with Gasteiger partial charge in [-0.15, -0.1) is 11.3 Å². The van der Waals surface area contributed by atoms with E-state index in [1.54, 1.807) is 11.4 Å². The summed E-state index contributed by atoms with van der Waals surface area (Å²) in [6.07, 6.45) is 1.55. The van der Waals surface area contributed by atoms with E-state index in [9.17, 15) is 8.42 Å². The first-order chi connectivity index (χ1) is 8.37. The van der Waals surface area contributed by atoms with Crippen LogP contribution >= 0.6 is 11.3 Å². The molecule has 1 aromatic heterocycles. The molecule has 1 rings (SSSR count). The van der Waals surface area contributed by atoms with E-state index >= 15 is 0 Å². The number of sulfonamides is 1. The Morgan fingerprint density at radius 3 is 2.44 bits per heavy atom. The molecule has 1 aromatic rings. The lowest BCUT2D eigenvalue weighted by molar-refractivity contribution is 0.389. The molecule has 2 N–H and O–H groups in total. The molecule has 0 atom stereocenters. The van der Waals surface area contributed by atoms with Crippen molar-refractivity contribution in [1.82, 2.24) is 10.0 Å². The first kappa shape index (κ1) is 15.6. The average Bonchev–Trinajstić information content (AvgIpc) is 2.78. The zero-order valence-corrected chi connectivity index (χ0v) is 13.0. The van der Waals surface area contributed by atoms with E-state index < -0.39 is 10.0 Å². The van der Waals surface area contributed by atoms with Crippen LogP contribution in [0.2, 0.25) is 0 Å². The minimum Gasteiger partial charge on any atom is -0.315 e. The van der Waals surface area contributed by atoms with Crippen molar-refractivity contribution in [2.45, 2.75) is 50.6 Å². The van der Waals surface area contributed by atoms with Crippen LogP contribution in [0.3, 0.4) is 0 Å². The number of thiophene rings is 1. The zero-order chi connectivity index (χ0) is 13.8. The normalized spacial score (nSPS) is 12.9. The fraction of sp³-hybridized carbons (Fsp3) is 0.667. The molecule has 4 nitrogen and oxygen atoms in total. The van der Waals surface area contributed by atoms with Crippen molar-refractivity contribution in [2.75, 3.05) is 7.05 Å². The van der Waals surface area contributed by atoms with Gasteiger partial charge in [-0.3, -0.25) is 0 Å². The summed E-state index contributed by atoms with van der Waals surface area (Å²) < 4.78 is 27.3. The highest BCUT2D eigenvalue weighted by Gasteiger charge is 2.27. The van der Waals surface area contributed by atoms with Crippen molar-refractivity contribution in [3.05, 3.63) is 16.3 Å². The molecule has 18 heavy (non-hydrogen) atoms. The maximum absolute atomic E-state index is 12.3. The molecule has 0 bridgehead atoms.